The van der Waals surface area contributed by atoms with E-state index in [9.17, 15) is 0 Å². The molecule has 0 aliphatic carbocycles. The van der Waals surface area contributed by atoms with Crippen molar-refractivity contribution in [3.8, 4) is 0 Å². The van der Waals surface area contributed by atoms with Crippen LogP contribution in [0.3, 0.4) is 0 Å². The molecular weight excluding hydrogens is 319 g/mol. The first-order valence-corrected chi connectivity index (χ1v) is 7.72. The van der Waals surface area contributed by atoms with E-state index in [0.717, 1.165) is 3.79 Å². The molecule has 1 aliphatic rings. The van der Waals surface area contributed by atoms with E-state index in [-0.39, 0.29) is 6.98 Å². The van der Waals surface area contributed by atoms with Gasteiger partial charge in [0.05, 0.1) is 3.79 Å². The van der Waals surface area contributed by atoms with Gasteiger partial charge in [0.1, 0.15) is 0 Å². The number of halogens is 1. The third-order valence-electron chi connectivity index (χ3n) is 3.38. The Morgan fingerprint density at radius 2 is 1.58 bits per heavy atom. The maximum absolute atomic E-state index is 3.57. The fourth-order valence-electron chi connectivity index (χ4n) is 2.55. The zero-order valence-electron chi connectivity index (χ0n) is 9.98. The van der Waals surface area contributed by atoms with Crippen molar-refractivity contribution in [3.05, 3.63) is 52.3 Å². The SMILES string of the molecule is Brc1ccc(B2Nc3cccc4cccc(c34)N2)s1. The van der Waals surface area contributed by atoms with E-state index < -0.39 is 0 Å². The predicted molar refractivity (Wildman–Crippen MR) is 88.6 cm³/mol. The molecule has 0 saturated carbocycles. The van der Waals surface area contributed by atoms with E-state index in [4.69, 9.17) is 0 Å². The summed E-state index contributed by atoms with van der Waals surface area (Å²) in [5.74, 6) is 0. The second kappa shape index (κ2) is 4.29. The lowest BCUT2D eigenvalue weighted by atomic mass is 9.72. The number of rotatable bonds is 1. The molecule has 0 saturated heterocycles. The molecule has 0 fully saturated rings. The number of hydrogen-bond acceptors (Lipinski definition) is 3. The van der Waals surface area contributed by atoms with Crippen molar-refractivity contribution in [2.45, 2.75) is 0 Å². The van der Waals surface area contributed by atoms with E-state index in [0.29, 0.717) is 0 Å². The molecule has 1 aromatic heterocycles. The van der Waals surface area contributed by atoms with E-state index in [2.05, 4.69) is 74.9 Å². The van der Waals surface area contributed by atoms with Crippen LogP contribution in [0.5, 0.6) is 0 Å². The second-order valence-corrected chi connectivity index (χ2v) is 7.07. The fraction of sp³-hybridized carbons (Fsp3) is 0. The van der Waals surface area contributed by atoms with Crippen molar-refractivity contribution in [2.24, 2.45) is 0 Å². The first-order chi connectivity index (χ1) is 9.31. The third kappa shape index (κ3) is 1.85. The molecule has 2 N–H and O–H groups in total. The van der Waals surface area contributed by atoms with Crippen LogP contribution in [0.1, 0.15) is 0 Å². The van der Waals surface area contributed by atoms with Crippen LogP contribution in [0.2, 0.25) is 0 Å². The molecule has 0 unspecified atom stereocenters. The summed E-state index contributed by atoms with van der Waals surface area (Å²) in [6.07, 6.45) is 0. The third-order valence-corrected chi connectivity index (χ3v) is 5.07. The molecule has 0 spiro atoms. The van der Waals surface area contributed by atoms with Crippen LogP contribution in [0.4, 0.5) is 11.4 Å². The summed E-state index contributed by atoms with van der Waals surface area (Å²) in [7, 11) is 0. The molecule has 0 bridgehead atoms. The van der Waals surface area contributed by atoms with Gasteiger partial charge >= 0.3 is 6.98 Å². The summed E-state index contributed by atoms with van der Waals surface area (Å²) in [5.41, 5.74) is 2.39. The zero-order chi connectivity index (χ0) is 12.8. The number of hydrogen-bond donors (Lipinski definition) is 2. The summed E-state index contributed by atoms with van der Waals surface area (Å²) < 4.78 is 2.43. The minimum atomic E-state index is 0.136. The van der Waals surface area contributed by atoms with Crippen LogP contribution in [-0.4, -0.2) is 6.98 Å². The molecule has 0 amide bonds. The molecule has 2 nitrogen and oxygen atoms in total. The second-order valence-electron chi connectivity index (χ2n) is 4.57. The van der Waals surface area contributed by atoms with Gasteiger partial charge < -0.3 is 10.5 Å². The fourth-order valence-corrected chi connectivity index (χ4v) is 3.98. The van der Waals surface area contributed by atoms with Crippen LogP contribution >= 0.6 is 27.3 Å². The Hall–Kier alpha value is -1.46. The van der Waals surface area contributed by atoms with Gasteiger partial charge in [-0.15, -0.1) is 11.3 Å². The molecule has 3 aromatic rings. The van der Waals surface area contributed by atoms with Crippen molar-refractivity contribution in [3.63, 3.8) is 0 Å². The molecule has 4 rings (SSSR count). The van der Waals surface area contributed by atoms with Crippen LogP contribution in [-0.2, 0) is 0 Å². The molecule has 2 aromatic carbocycles. The van der Waals surface area contributed by atoms with Gasteiger partial charge in [0.15, 0.2) is 0 Å². The minimum absolute atomic E-state index is 0.136. The topological polar surface area (TPSA) is 24.1 Å². The standard InChI is InChI=1S/C14H10BBrN2S/c16-13-8-7-12(19-13)15-17-10-5-1-3-9-4-2-6-11(18-15)14(9)10/h1-8,17-18H. The maximum Gasteiger partial charge on any atom is 0.416 e. The van der Waals surface area contributed by atoms with E-state index in [1.54, 1.807) is 11.3 Å². The predicted octanol–water partition coefficient (Wildman–Crippen LogP) is 3.90. The first kappa shape index (κ1) is 11.4. The van der Waals surface area contributed by atoms with Crippen LogP contribution in [0, 0.1) is 0 Å². The monoisotopic (exact) mass is 328 g/mol. The van der Waals surface area contributed by atoms with Crippen molar-refractivity contribution < 1.29 is 0 Å². The number of thiophene rings is 1. The Balaban J connectivity index is 1.84. The van der Waals surface area contributed by atoms with Gasteiger partial charge in [0.2, 0.25) is 0 Å². The van der Waals surface area contributed by atoms with Crippen molar-refractivity contribution in [2.75, 3.05) is 10.5 Å². The Morgan fingerprint density at radius 1 is 0.895 bits per heavy atom. The normalized spacial score (nSPS) is 13.2. The summed E-state index contributed by atoms with van der Waals surface area (Å²) in [5, 5.41) is 9.68. The quantitative estimate of drug-likeness (QED) is 0.662. The molecule has 0 radical (unpaired) electrons. The first-order valence-electron chi connectivity index (χ1n) is 6.11. The Morgan fingerprint density at radius 3 is 2.16 bits per heavy atom. The summed E-state index contributed by atoms with van der Waals surface area (Å²) in [6.45, 7) is 0.136. The summed E-state index contributed by atoms with van der Waals surface area (Å²) >= 11 is 5.27. The van der Waals surface area contributed by atoms with Gasteiger partial charge in [-0.05, 0) is 39.5 Å². The molecule has 5 heteroatoms. The molecule has 0 atom stereocenters. The highest BCUT2D eigenvalue weighted by molar-refractivity contribution is 9.11. The van der Waals surface area contributed by atoms with Crippen molar-refractivity contribution in [1.82, 2.24) is 0 Å². The van der Waals surface area contributed by atoms with Gasteiger partial charge in [0, 0.05) is 21.5 Å². The van der Waals surface area contributed by atoms with E-state index in [1.165, 1.54) is 26.9 Å². The number of benzene rings is 2. The Bertz CT molecular complexity index is 730. The van der Waals surface area contributed by atoms with Gasteiger partial charge in [0.25, 0.3) is 0 Å². The van der Waals surface area contributed by atoms with E-state index in [1.807, 2.05) is 0 Å². The van der Waals surface area contributed by atoms with Gasteiger partial charge in [-0.25, -0.2) is 0 Å². The van der Waals surface area contributed by atoms with Gasteiger partial charge in [-0.2, -0.15) is 0 Å². The van der Waals surface area contributed by atoms with E-state index >= 15 is 0 Å². The average Bonchev–Trinajstić information content (AvgIpc) is 2.86. The Kier molecular flexibility index (Phi) is 2.57. The molecule has 19 heavy (non-hydrogen) atoms. The summed E-state index contributed by atoms with van der Waals surface area (Å²) in [6, 6.07) is 17.0. The van der Waals surface area contributed by atoms with Gasteiger partial charge in [-0.3, -0.25) is 0 Å². The lowest BCUT2D eigenvalue weighted by Crippen LogP contribution is -2.46. The zero-order valence-corrected chi connectivity index (χ0v) is 12.4. The highest BCUT2D eigenvalue weighted by Gasteiger charge is 2.26. The molecular formula is C14H10BBrN2S. The Labute approximate surface area is 124 Å². The highest BCUT2D eigenvalue weighted by Crippen LogP contribution is 2.34. The minimum Gasteiger partial charge on any atom is -0.404 e. The molecule has 92 valence electrons. The highest BCUT2D eigenvalue weighted by atomic mass is 79.9. The molecule has 2 heterocycles. The van der Waals surface area contributed by atoms with Crippen molar-refractivity contribution >= 4 is 61.2 Å². The lowest BCUT2D eigenvalue weighted by molar-refractivity contribution is 1.62. The van der Waals surface area contributed by atoms with Gasteiger partial charge in [-0.1, -0.05) is 30.3 Å². The largest absolute Gasteiger partial charge is 0.416 e. The molecule has 1 aliphatic heterocycles. The van der Waals surface area contributed by atoms with Crippen LogP contribution in [0.15, 0.2) is 52.3 Å². The van der Waals surface area contributed by atoms with Crippen LogP contribution in [0.25, 0.3) is 10.8 Å². The smallest absolute Gasteiger partial charge is 0.404 e. The maximum atomic E-state index is 3.57. The average molecular weight is 329 g/mol. The summed E-state index contributed by atoms with van der Waals surface area (Å²) in [4.78, 5) is 0. The lowest BCUT2D eigenvalue weighted by Gasteiger charge is -2.25. The van der Waals surface area contributed by atoms with Crippen molar-refractivity contribution in [1.29, 1.82) is 0 Å². The number of anilines is 2. The van der Waals surface area contributed by atoms with Crippen LogP contribution < -0.4 is 15.2 Å². The number of nitrogens with one attached hydrogen (secondary N) is 2.